The molecule has 180 valence electrons. The average molecular weight is 451 g/mol. The van der Waals surface area contributed by atoms with Crippen LogP contribution in [0.25, 0.3) is 0 Å². The SMILES string of the molecule is C#Cc1ccc(CNC=O)c(OCCOC)c1.CC(C)(C)CC(=O)N1CCC(O)C1.NN. The van der Waals surface area contributed by atoms with Crippen LogP contribution in [0.3, 0.4) is 0 Å². The van der Waals surface area contributed by atoms with Crippen molar-refractivity contribution in [3.05, 3.63) is 29.3 Å². The number of nitrogens with one attached hydrogen (secondary N) is 1. The zero-order valence-electron chi connectivity index (χ0n) is 19.6. The summed E-state index contributed by atoms with van der Waals surface area (Å²) in [5.41, 5.74) is 1.67. The highest BCUT2D eigenvalue weighted by Gasteiger charge is 2.27. The molecule has 0 aliphatic carbocycles. The van der Waals surface area contributed by atoms with Gasteiger partial charge in [0.15, 0.2) is 0 Å². The minimum atomic E-state index is -0.302. The first kappa shape index (κ1) is 29.4. The molecule has 0 radical (unpaired) electrons. The van der Waals surface area contributed by atoms with Crippen LogP contribution in [0.2, 0.25) is 0 Å². The van der Waals surface area contributed by atoms with E-state index in [0.29, 0.717) is 44.9 Å². The third kappa shape index (κ3) is 12.3. The molecule has 0 spiro atoms. The number of nitrogens with zero attached hydrogens (tertiary/aromatic N) is 1. The molecule has 0 aromatic heterocycles. The number of benzene rings is 1. The molecule has 1 atom stereocenters. The molecule has 9 heteroatoms. The number of terminal acetylenes is 1. The second-order valence-corrected chi connectivity index (χ2v) is 8.33. The molecule has 32 heavy (non-hydrogen) atoms. The minimum Gasteiger partial charge on any atom is -0.491 e. The van der Waals surface area contributed by atoms with Crippen LogP contribution in [0.5, 0.6) is 5.75 Å². The Kier molecular flexibility index (Phi) is 14.7. The van der Waals surface area contributed by atoms with Gasteiger partial charge >= 0.3 is 0 Å². The number of rotatable bonds is 8. The molecule has 1 aromatic rings. The van der Waals surface area contributed by atoms with E-state index in [9.17, 15) is 14.7 Å². The lowest BCUT2D eigenvalue weighted by atomic mass is 9.92. The third-order valence-corrected chi connectivity index (χ3v) is 4.35. The molecule has 6 N–H and O–H groups in total. The Morgan fingerprint density at radius 1 is 1.38 bits per heavy atom. The van der Waals surface area contributed by atoms with Gasteiger partial charge in [-0.25, -0.2) is 0 Å². The molecule has 0 bridgehead atoms. The second-order valence-electron chi connectivity index (χ2n) is 8.33. The summed E-state index contributed by atoms with van der Waals surface area (Å²) in [7, 11) is 1.61. The summed E-state index contributed by atoms with van der Waals surface area (Å²) < 4.78 is 10.4. The zero-order chi connectivity index (χ0) is 24.6. The van der Waals surface area contributed by atoms with Crippen molar-refractivity contribution in [2.45, 2.75) is 46.3 Å². The van der Waals surface area contributed by atoms with E-state index in [0.717, 1.165) is 24.1 Å². The summed E-state index contributed by atoms with van der Waals surface area (Å²) in [6.07, 6.45) is 6.97. The Hall–Kier alpha value is -2.64. The van der Waals surface area contributed by atoms with E-state index in [1.807, 2.05) is 12.1 Å². The van der Waals surface area contributed by atoms with Gasteiger partial charge in [0.25, 0.3) is 0 Å². The van der Waals surface area contributed by atoms with Gasteiger partial charge in [-0.15, -0.1) is 6.42 Å². The van der Waals surface area contributed by atoms with Crippen LogP contribution < -0.4 is 21.7 Å². The van der Waals surface area contributed by atoms with Crippen molar-refractivity contribution >= 4 is 12.3 Å². The van der Waals surface area contributed by atoms with E-state index in [1.165, 1.54) is 0 Å². The van der Waals surface area contributed by atoms with Gasteiger partial charge in [0.2, 0.25) is 12.3 Å². The highest BCUT2D eigenvalue weighted by atomic mass is 16.5. The standard InChI is InChI=1S/C13H15NO3.C10H19NO2.H4N2/c1-3-11-4-5-12(9-14-10-15)13(8-11)17-7-6-16-2;1-10(2,3)6-9(13)11-5-4-8(12)7-11;1-2/h1,4-5,8,10H,6-7,9H2,2H3,(H,14,15);8,12H,4-7H2,1-3H3;1-2H2. The van der Waals surface area contributed by atoms with Gasteiger partial charge in [0.1, 0.15) is 12.4 Å². The van der Waals surface area contributed by atoms with Crippen LogP contribution in [0.4, 0.5) is 0 Å². The molecular formula is C23H38N4O5. The van der Waals surface area contributed by atoms with Gasteiger partial charge in [-0.05, 0) is 24.0 Å². The number of hydrazine groups is 1. The number of carbonyl (C=O) groups is 2. The maximum absolute atomic E-state index is 11.6. The van der Waals surface area contributed by atoms with Crippen LogP contribution in [0, 0.1) is 17.8 Å². The van der Waals surface area contributed by atoms with Gasteiger partial charge in [0, 0.05) is 44.3 Å². The highest BCUT2D eigenvalue weighted by molar-refractivity contribution is 5.77. The first-order valence-corrected chi connectivity index (χ1v) is 10.4. The van der Waals surface area contributed by atoms with Crippen molar-refractivity contribution < 1.29 is 24.2 Å². The fourth-order valence-electron chi connectivity index (χ4n) is 2.85. The molecular weight excluding hydrogens is 412 g/mol. The van der Waals surface area contributed by atoms with E-state index in [1.54, 1.807) is 18.1 Å². The van der Waals surface area contributed by atoms with Crippen LogP contribution in [-0.4, -0.2) is 61.8 Å². The van der Waals surface area contributed by atoms with E-state index in [2.05, 4.69) is 43.7 Å². The Balaban J connectivity index is 0.000000574. The van der Waals surface area contributed by atoms with E-state index < -0.39 is 0 Å². The van der Waals surface area contributed by atoms with E-state index >= 15 is 0 Å². The second kappa shape index (κ2) is 16.1. The number of ether oxygens (including phenoxy) is 2. The molecule has 1 aromatic carbocycles. The maximum atomic E-state index is 11.6. The van der Waals surface area contributed by atoms with Crippen molar-refractivity contribution in [3.63, 3.8) is 0 Å². The van der Waals surface area contributed by atoms with Gasteiger partial charge < -0.3 is 24.8 Å². The fraction of sp³-hybridized carbons (Fsp3) is 0.565. The Bertz CT molecular complexity index is 728. The quantitative estimate of drug-likeness (QED) is 0.151. The molecule has 9 nitrogen and oxygen atoms in total. The highest BCUT2D eigenvalue weighted by Crippen LogP contribution is 2.22. The monoisotopic (exact) mass is 450 g/mol. The van der Waals surface area contributed by atoms with Crippen molar-refractivity contribution in [1.29, 1.82) is 0 Å². The van der Waals surface area contributed by atoms with Crippen LogP contribution >= 0.6 is 0 Å². The normalized spacial score (nSPS) is 14.8. The first-order valence-electron chi connectivity index (χ1n) is 10.4. The lowest BCUT2D eigenvalue weighted by Crippen LogP contribution is -2.32. The van der Waals surface area contributed by atoms with Crippen molar-refractivity contribution in [2.24, 2.45) is 17.1 Å². The smallest absolute Gasteiger partial charge is 0.223 e. The Morgan fingerprint density at radius 3 is 2.56 bits per heavy atom. The predicted molar refractivity (Wildman–Crippen MR) is 124 cm³/mol. The number of hydrogen-bond acceptors (Lipinski definition) is 7. The molecule has 1 saturated heterocycles. The number of β-amino-alcohol motifs (C(OH)–C–C–N with tert-alkyl or cyclic N) is 1. The van der Waals surface area contributed by atoms with Crippen LogP contribution in [0.15, 0.2) is 18.2 Å². The summed E-state index contributed by atoms with van der Waals surface area (Å²) >= 11 is 0. The number of amides is 2. The summed E-state index contributed by atoms with van der Waals surface area (Å²) in [4.78, 5) is 23.6. The molecule has 1 aliphatic rings. The summed E-state index contributed by atoms with van der Waals surface area (Å²) in [6, 6.07) is 5.43. The number of aliphatic hydroxyl groups is 1. The molecule has 1 aliphatic heterocycles. The molecule has 2 amide bonds. The zero-order valence-corrected chi connectivity index (χ0v) is 19.6. The Labute approximate surface area is 191 Å². The maximum Gasteiger partial charge on any atom is 0.223 e. The first-order chi connectivity index (χ1) is 15.2. The van der Waals surface area contributed by atoms with Gasteiger partial charge in [0.05, 0.1) is 12.7 Å². The van der Waals surface area contributed by atoms with Crippen LogP contribution in [0.1, 0.15) is 44.7 Å². The number of likely N-dealkylation sites (tertiary alicyclic amines) is 1. The summed E-state index contributed by atoms with van der Waals surface area (Å²) in [5, 5.41) is 11.8. The van der Waals surface area contributed by atoms with E-state index in [-0.39, 0.29) is 17.4 Å². The van der Waals surface area contributed by atoms with Crippen LogP contribution in [-0.2, 0) is 20.9 Å². The van der Waals surface area contributed by atoms with Crippen molar-refractivity contribution in [1.82, 2.24) is 10.2 Å². The largest absolute Gasteiger partial charge is 0.491 e. The van der Waals surface area contributed by atoms with Crippen molar-refractivity contribution in [2.75, 3.05) is 33.4 Å². The fourth-order valence-corrected chi connectivity index (χ4v) is 2.85. The average Bonchev–Trinajstić information content (AvgIpc) is 3.20. The molecule has 0 saturated carbocycles. The molecule has 1 heterocycles. The number of methoxy groups -OCH3 is 1. The minimum absolute atomic E-state index is 0.0463. The molecule has 1 unspecified atom stereocenters. The molecule has 2 rings (SSSR count). The number of aliphatic hydroxyl groups excluding tert-OH is 1. The lowest BCUT2D eigenvalue weighted by molar-refractivity contribution is -0.132. The number of nitrogens with two attached hydrogens (primary N) is 2. The number of carbonyl (C=O) groups excluding carboxylic acids is 2. The number of hydrogen-bond donors (Lipinski definition) is 4. The molecule has 1 fully saturated rings. The Morgan fingerprint density at radius 2 is 2.06 bits per heavy atom. The summed E-state index contributed by atoms with van der Waals surface area (Å²) in [6.45, 7) is 8.76. The third-order valence-electron chi connectivity index (χ3n) is 4.35. The van der Waals surface area contributed by atoms with Gasteiger partial charge in [-0.3, -0.25) is 21.3 Å². The predicted octanol–water partition coefficient (Wildman–Crippen LogP) is 0.774. The van der Waals surface area contributed by atoms with Gasteiger partial charge in [-0.2, -0.15) is 0 Å². The van der Waals surface area contributed by atoms with Gasteiger partial charge in [-0.1, -0.05) is 32.8 Å². The topological polar surface area (TPSA) is 140 Å². The summed E-state index contributed by atoms with van der Waals surface area (Å²) in [5.74, 6) is 11.4. The van der Waals surface area contributed by atoms with E-state index in [4.69, 9.17) is 15.9 Å². The van der Waals surface area contributed by atoms with Crippen molar-refractivity contribution in [3.8, 4) is 18.1 Å². The lowest BCUT2D eigenvalue weighted by Gasteiger charge is -2.22.